The number of nitrogens with zero attached hydrogens (tertiary/aromatic N) is 6. The molecule has 0 spiro atoms. The Labute approximate surface area is 313 Å². The molecule has 1 amide bonds. The van der Waals surface area contributed by atoms with Gasteiger partial charge in [0.2, 0.25) is 0 Å². The molecule has 0 aliphatic carbocycles. The van der Waals surface area contributed by atoms with Crippen LogP contribution in [-0.4, -0.2) is 92.5 Å². The maximum absolute atomic E-state index is 17.5. The molecule has 2 aromatic carbocycles. The van der Waals surface area contributed by atoms with Crippen molar-refractivity contribution in [3.05, 3.63) is 53.2 Å². The van der Waals surface area contributed by atoms with Crippen molar-refractivity contribution in [1.82, 2.24) is 24.8 Å². The molecule has 9 rings (SSSR count). The zero-order chi connectivity index (χ0) is 37.7. The molecular weight excluding hydrogens is 693 g/mol. The highest BCUT2D eigenvalue weighted by molar-refractivity contribution is 6.03. The van der Waals surface area contributed by atoms with Crippen LogP contribution in [-0.2, 0) is 4.74 Å². The molecule has 4 fully saturated rings. The Morgan fingerprint density at radius 3 is 2.69 bits per heavy atom. The van der Waals surface area contributed by atoms with E-state index in [9.17, 15) is 9.18 Å². The third-order valence-electron chi connectivity index (χ3n) is 12.5. The number of aromatic nitrogens is 3. The zero-order valence-electron chi connectivity index (χ0n) is 31.2. The van der Waals surface area contributed by atoms with Crippen LogP contribution in [0.2, 0.25) is 0 Å². The van der Waals surface area contributed by atoms with E-state index < -0.39 is 28.9 Å². The topological polar surface area (TPSA) is 83.9 Å². The lowest BCUT2D eigenvalue weighted by Crippen LogP contribution is -2.62. The second-order valence-corrected chi connectivity index (χ2v) is 16.8. The summed E-state index contributed by atoms with van der Waals surface area (Å²) in [5.41, 5.74) is 0.00798. The minimum Gasteiger partial charge on any atom is -0.461 e. The highest BCUT2D eigenvalue weighted by Crippen LogP contribution is 2.49. The van der Waals surface area contributed by atoms with Crippen molar-refractivity contribution in [3.8, 4) is 29.6 Å². The van der Waals surface area contributed by atoms with Crippen molar-refractivity contribution >= 4 is 33.6 Å². The van der Waals surface area contributed by atoms with E-state index in [0.29, 0.717) is 65.6 Å². The van der Waals surface area contributed by atoms with Crippen LogP contribution in [0.25, 0.3) is 32.9 Å². The first-order chi connectivity index (χ1) is 25.9. The van der Waals surface area contributed by atoms with Crippen LogP contribution in [0.5, 0.6) is 6.01 Å². The molecule has 6 atom stereocenters. The van der Waals surface area contributed by atoms with Gasteiger partial charge in [0.15, 0.2) is 5.82 Å². The third-order valence-corrected chi connectivity index (χ3v) is 12.5. The number of anilines is 1. The standard InChI is InChI=1S/C42H45F3N6O3/c1-6-23-18-31-30-15-13-26(51(30)40(52)54-41(3,4)5)21-50(31)38-33-35(23)46-36(28-11-8-10-24-12-14-29(44)27(7-2)32(24)28)34(45)37(33)47-39(48-38)53-22-42-16-9-17-49(42)20-25(43)19-42/h2,8,10-12,14,23,25-26,30-31H,6,9,13,15-22H2,1,3-5H3/t23-,25-,26-,30+,31-,42+/m1/s1. The Morgan fingerprint density at radius 1 is 1.07 bits per heavy atom. The summed E-state index contributed by atoms with van der Waals surface area (Å²) in [6.45, 7) is 9.52. The summed E-state index contributed by atoms with van der Waals surface area (Å²) < 4.78 is 59.8. The lowest BCUT2D eigenvalue weighted by atomic mass is 9.88. The normalized spacial score (nSPS) is 27.6. The molecule has 0 saturated carbocycles. The summed E-state index contributed by atoms with van der Waals surface area (Å²) in [5, 5.41) is 1.57. The second-order valence-electron chi connectivity index (χ2n) is 16.8. The molecule has 5 aliphatic heterocycles. The number of halogens is 3. The average molecular weight is 739 g/mol. The van der Waals surface area contributed by atoms with E-state index in [2.05, 4.69) is 22.6 Å². The first-order valence-corrected chi connectivity index (χ1v) is 19.3. The van der Waals surface area contributed by atoms with Gasteiger partial charge in [0.25, 0.3) is 0 Å². The number of benzene rings is 2. The number of carbonyl (C=O) groups is 1. The van der Waals surface area contributed by atoms with Crippen molar-refractivity contribution in [2.45, 2.75) is 114 Å². The van der Waals surface area contributed by atoms with Crippen LogP contribution in [0, 0.1) is 24.0 Å². The fourth-order valence-corrected chi connectivity index (χ4v) is 10.2. The molecule has 0 N–H and O–H groups in total. The van der Waals surface area contributed by atoms with Crippen molar-refractivity contribution < 1.29 is 27.4 Å². The quantitative estimate of drug-likeness (QED) is 0.191. The number of amides is 1. The Balaban J connectivity index is 1.23. The number of hydrogen-bond acceptors (Lipinski definition) is 8. The molecule has 2 bridgehead atoms. The molecule has 0 unspecified atom stereocenters. The summed E-state index contributed by atoms with van der Waals surface area (Å²) in [6, 6.07) is 7.81. The number of fused-ring (bicyclic) bond motifs is 7. The number of pyridine rings is 1. The zero-order valence-corrected chi connectivity index (χ0v) is 31.2. The van der Waals surface area contributed by atoms with E-state index in [0.717, 1.165) is 32.2 Å². The van der Waals surface area contributed by atoms with E-state index in [-0.39, 0.29) is 59.5 Å². The van der Waals surface area contributed by atoms with Crippen LogP contribution in [0.3, 0.4) is 0 Å². The summed E-state index contributed by atoms with van der Waals surface area (Å²) in [5.74, 6) is 1.59. The minimum atomic E-state index is -0.938. The highest BCUT2D eigenvalue weighted by Gasteiger charge is 2.53. The van der Waals surface area contributed by atoms with Gasteiger partial charge in [-0.05, 0) is 77.3 Å². The molecule has 4 saturated heterocycles. The van der Waals surface area contributed by atoms with Gasteiger partial charge in [-0.2, -0.15) is 9.97 Å². The molecular formula is C42H45F3N6O3. The van der Waals surface area contributed by atoms with Crippen LogP contribution in [0.15, 0.2) is 30.3 Å². The van der Waals surface area contributed by atoms with Gasteiger partial charge in [-0.1, -0.05) is 37.1 Å². The van der Waals surface area contributed by atoms with Gasteiger partial charge in [-0.25, -0.2) is 22.9 Å². The largest absolute Gasteiger partial charge is 0.461 e. The summed E-state index contributed by atoms with van der Waals surface area (Å²) in [6.07, 6.45) is 9.60. The molecule has 282 valence electrons. The smallest absolute Gasteiger partial charge is 0.410 e. The number of alkyl halides is 1. The third kappa shape index (κ3) is 5.48. The fourth-order valence-electron chi connectivity index (χ4n) is 10.2. The molecule has 54 heavy (non-hydrogen) atoms. The van der Waals surface area contributed by atoms with Crippen molar-refractivity contribution in [2.75, 3.05) is 31.1 Å². The van der Waals surface area contributed by atoms with Gasteiger partial charge >= 0.3 is 12.1 Å². The van der Waals surface area contributed by atoms with E-state index in [1.807, 2.05) is 31.7 Å². The van der Waals surface area contributed by atoms with Gasteiger partial charge in [-0.15, -0.1) is 6.42 Å². The molecule has 5 aliphatic rings. The number of terminal acetylenes is 1. The Hall–Kier alpha value is -4.63. The van der Waals surface area contributed by atoms with Gasteiger partial charge in [0, 0.05) is 36.4 Å². The van der Waals surface area contributed by atoms with Crippen LogP contribution in [0.4, 0.5) is 23.8 Å². The van der Waals surface area contributed by atoms with E-state index >= 15 is 8.78 Å². The first kappa shape index (κ1) is 35.1. The minimum absolute atomic E-state index is 0.00642. The summed E-state index contributed by atoms with van der Waals surface area (Å²) >= 11 is 0. The number of piperazine rings is 1. The molecule has 12 heteroatoms. The lowest BCUT2D eigenvalue weighted by Gasteiger charge is -2.47. The maximum Gasteiger partial charge on any atom is 0.410 e. The van der Waals surface area contributed by atoms with Gasteiger partial charge in [0.1, 0.15) is 41.2 Å². The molecule has 0 radical (unpaired) electrons. The molecule has 2 aromatic heterocycles. The maximum atomic E-state index is 17.5. The highest BCUT2D eigenvalue weighted by atomic mass is 19.1. The number of hydrogen-bond donors (Lipinski definition) is 0. The average Bonchev–Trinajstić information content (AvgIpc) is 3.75. The van der Waals surface area contributed by atoms with Crippen molar-refractivity contribution in [3.63, 3.8) is 0 Å². The Bertz CT molecular complexity index is 2240. The van der Waals surface area contributed by atoms with E-state index in [1.54, 1.807) is 18.2 Å². The van der Waals surface area contributed by atoms with Crippen LogP contribution >= 0.6 is 0 Å². The van der Waals surface area contributed by atoms with Gasteiger partial charge in [-0.3, -0.25) is 9.80 Å². The predicted octanol–water partition coefficient (Wildman–Crippen LogP) is 7.91. The van der Waals surface area contributed by atoms with Gasteiger partial charge in [0.05, 0.1) is 40.3 Å². The molecule has 4 aromatic rings. The SMILES string of the molecule is C#Cc1c(F)ccc2cccc(-c3nc4c5c(nc(OC[C@@]67CCCN6C[C@H](F)C7)nc5c3F)N3C[C@H]5CC[C@@H]([C@H]3C[C@H]4CC)N5C(=O)OC(C)(C)C)c12. The van der Waals surface area contributed by atoms with Gasteiger partial charge < -0.3 is 14.4 Å². The van der Waals surface area contributed by atoms with Crippen molar-refractivity contribution in [2.24, 2.45) is 0 Å². The van der Waals surface area contributed by atoms with Crippen LogP contribution in [0.1, 0.15) is 89.8 Å². The molecule has 9 nitrogen and oxygen atoms in total. The van der Waals surface area contributed by atoms with Crippen molar-refractivity contribution in [1.29, 1.82) is 0 Å². The van der Waals surface area contributed by atoms with E-state index in [1.165, 1.54) is 6.07 Å². The summed E-state index contributed by atoms with van der Waals surface area (Å²) in [4.78, 5) is 35.0. The van der Waals surface area contributed by atoms with E-state index in [4.69, 9.17) is 30.8 Å². The fraction of sp³-hybridized carbons (Fsp3) is 0.524. The first-order valence-electron chi connectivity index (χ1n) is 19.3. The Kier molecular flexibility index (Phi) is 8.27. The number of carbonyl (C=O) groups excluding carboxylic acids is 1. The Morgan fingerprint density at radius 2 is 1.91 bits per heavy atom. The predicted molar refractivity (Wildman–Crippen MR) is 200 cm³/mol. The van der Waals surface area contributed by atoms with Crippen LogP contribution < -0.4 is 9.64 Å². The summed E-state index contributed by atoms with van der Waals surface area (Å²) in [7, 11) is 0. The lowest BCUT2D eigenvalue weighted by molar-refractivity contribution is 0.00684. The monoisotopic (exact) mass is 738 g/mol. The number of ether oxygens (including phenoxy) is 2. The number of rotatable bonds is 5. The molecule has 7 heterocycles. The second kappa shape index (κ2) is 12.7.